The second-order valence-electron chi connectivity index (χ2n) is 5.30. The van der Waals surface area contributed by atoms with E-state index in [0.717, 1.165) is 12.8 Å². The Bertz CT molecular complexity index is 789. The van der Waals surface area contributed by atoms with E-state index < -0.39 is 10.0 Å². The van der Waals surface area contributed by atoms with E-state index in [1.165, 1.54) is 23.7 Å². The Morgan fingerprint density at radius 2 is 2.04 bits per heavy atom. The number of hydrazine groups is 1. The summed E-state index contributed by atoms with van der Waals surface area (Å²) in [6.07, 6.45) is 4.85. The third kappa shape index (κ3) is 3.57. The first kappa shape index (κ1) is 15.6. The number of aromatic nitrogens is 3. The molecule has 0 saturated carbocycles. The van der Waals surface area contributed by atoms with Crippen molar-refractivity contribution in [1.29, 1.82) is 0 Å². The van der Waals surface area contributed by atoms with Crippen LogP contribution in [0.1, 0.15) is 24.8 Å². The number of rotatable bonds is 5. The smallest absolute Gasteiger partial charge is 0.257 e. The van der Waals surface area contributed by atoms with Crippen LogP contribution in [0.3, 0.4) is 0 Å². The van der Waals surface area contributed by atoms with Crippen molar-refractivity contribution >= 4 is 15.9 Å². The first-order valence-electron chi connectivity index (χ1n) is 7.29. The number of hydrogen-bond donors (Lipinski definition) is 1. The summed E-state index contributed by atoms with van der Waals surface area (Å²) >= 11 is 0. The summed E-state index contributed by atoms with van der Waals surface area (Å²) in [7, 11) is -3.83. The molecule has 0 aliphatic carbocycles. The van der Waals surface area contributed by atoms with Crippen molar-refractivity contribution in [3.05, 3.63) is 42.5 Å². The maximum atomic E-state index is 12.6. The third-order valence-corrected chi connectivity index (χ3v) is 5.05. The van der Waals surface area contributed by atoms with E-state index >= 15 is 0 Å². The zero-order chi connectivity index (χ0) is 16.3. The quantitative estimate of drug-likeness (QED) is 0.860. The molecule has 0 unspecified atom stereocenters. The number of carbonyl (C=O) groups excluding carboxylic acids is 1. The maximum absolute atomic E-state index is 12.6. The highest BCUT2D eigenvalue weighted by atomic mass is 32.2. The number of amides is 1. The van der Waals surface area contributed by atoms with E-state index in [1.54, 1.807) is 22.9 Å². The van der Waals surface area contributed by atoms with Gasteiger partial charge in [-0.1, -0.05) is 18.2 Å². The zero-order valence-corrected chi connectivity index (χ0v) is 13.2. The summed E-state index contributed by atoms with van der Waals surface area (Å²) in [5.74, 6) is -0.200. The summed E-state index contributed by atoms with van der Waals surface area (Å²) in [5.41, 5.74) is 0.579. The van der Waals surface area contributed by atoms with Gasteiger partial charge in [-0.2, -0.15) is 5.10 Å². The second-order valence-corrected chi connectivity index (χ2v) is 6.93. The molecular weight excluding hydrogens is 318 g/mol. The summed E-state index contributed by atoms with van der Waals surface area (Å²) in [6, 6.07) is 6.64. The van der Waals surface area contributed by atoms with Crippen LogP contribution in [0.25, 0.3) is 0 Å². The fourth-order valence-electron chi connectivity index (χ4n) is 2.48. The molecule has 1 aliphatic heterocycles. The van der Waals surface area contributed by atoms with Crippen LogP contribution in [0, 0.1) is 0 Å². The molecule has 0 atom stereocenters. The lowest BCUT2D eigenvalue weighted by molar-refractivity contribution is -0.134. The van der Waals surface area contributed by atoms with Crippen molar-refractivity contribution in [2.24, 2.45) is 0 Å². The number of carbonyl (C=O) groups is 1. The van der Waals surface area contributed by atoms with Crippen LogP contribution >= 0.6 is 0 Å². The molecular formula is C14H17N5O3S. The number of nitrogens with zero attached hydrogens (tertiary/aromatic N) is 4. The Morgan fingerprint density at radius 1 is 1.22 bits per heavy atom. The van der Waals surface area contributed by atoms with E-state index in [2.05, 4.69) is 14.9 Å². The number of hydrogen-bond acceptors (Lipinski definition) is 5. The lowest BCUT2D eigenvalue weighted by Gasteiger charge is -2.27. The number of piperidine rings is 1. The van der Waals surface area contributed by atoms with Gasteiger partial charge < -0.3 is 0 Å². The zero-order valence-electron chi connectivity index (χ0n) is 12.4. The predicted octanol–water partition coefficient (Wildman–Crippen LogP) is 0.532. The van der Waals surface area contributed by atoms with Crippen LogP contribution < -0.4 is 4.83 Å². The molecule has 9 heteroatoms. The first-order valence-corrected chi connectivity index (χ1v) is 8.78. The van der Waals surface area contributed by atoms with Gasteiger partial charge in [-0.3, -0.25) is 9.80 Å². The SMILES string of the molecule is O=C1CCCCN1NS(=O)(=O)c1ccccc1Cn1cncn1. The highest BCUT2D eigenvalue weighted by Gasteiger charge is 2.26. The second kappa shape index (κ2) is 6.47. The van der Waals surface area contributed by atoms with Gasteiger partial charge in [0.2, 0.25) is 5.91 Å². The minimum absolute atomic E-state index is 0.133. The molecule has 0 spiro atoms. The molecule has 8 nitrogen and oxygen atoms in total. The van der Waals surface area contributed by atoms with Gasteiger partial charge in [0, 0.05) is 13.0 Å². The van der Waals surface area contributed by atoms with Crippen molar-refractivity contribution in [3.8, 4) is 0 Å². The standard InChI is InChI=1S/C14H17N5O3S/c20-14-7-3-4-8-19(14)17-23(21,22)13-6-2-1-5-12(13)9-18-11-15-10-16-18/h1-2,5-6,10-11,17H,3-4,7-9H2. The molecule has 0 bridgehead atoms. The van der Waals surface area contributed by atoms with Crippen LogP contribution in [0.15, 0.2) is 41.8 Å². The van der Waals surface area contributed by atoms with E-state index in [4.69, 9.17) is 0 Å². The summed E-state index contributed by atoms with van der Waals surface area (Å²) < 4.78 is 26.8. The monoisotopic (exact) mass is 335 g/mol. The first-order chi connectivity index (χ1) is 11.1. The maximum Gasteiger partial charge on any atom is 0.257 e. The van der Waals surface area contributed by atoms with Crippen LogP contribution in [0.2, 0.25) is 0 Å². The Morgan fingerprint density at radius 3 is 2.78 bits per heavy atom. The number of nitrogens with one attached hydrogen (secondary N) is 1. The summed E-state index contributed by atoms with van der Waals surface area (Å²) in [5, 5.41) is 5.17. The van der Waals surface area contributed by atoms with Crippen LogP contribution in [0.4, 0.5) is 0 Å². The number of sulfonamides is 1. The van der Waals surface area contributed by atoms with E-state index in [-0.39, 0.29) is 17.3 Å². The normalized spacial score (nSPS) is 15.8. The van der Waals surface area contributed by atoms with Gasteiger partial charge in [0.25, 0.3) is 10.0 Å². The molecule has 1 aliphatic rings. The van der Waals surface area contributed by atoms with Crippen molar-refractivity contribution in [2.75, 3.05) is 6.54 Å². The van der Waals surface area contributed by atoms with Crippen molar-refractivity contribution < 1.29 is 13.2 Å². The van der Waals surface area contributed by atoms with E-state index in [0.29, 0.717) is 18.5 Å². The van der Waals surface area contributed by atoms with Crippen molar-refractivity contribution in [1.82, 2.24) is 24.6 Å². The van der Waals surface area contributed by atoms with Gasteiger partial charge >= 0.3 is 0 Å². The summed E-state index contributed by atoms with van der Waals surface area (Å²) in [4.78, 5) is 18.2. The van der Waals surface area contributed by atoms with E-state index in [9.17, 15) is 13.2 Å². The molecule has 3 rings (SSSR count). The highest BCUT2D eigenvalue weighted by Crippen LogP contribution is 2.18. The molecule has 23 heavy (non-hydrogen) atoms. The van der Waals surface area contributed by atoms with Gasteiger partial charge in [-0.05, 0) is 24.5 Å². The summed E-state index contributed by atoms with van der Waals surface area (Å²) in [6.45, 7) is 0.675. The lowest BCUT2D eigenvalue weighted by Crippen LogP contribution is -2.48. The molecule has 1 aromatic carbocycles. The van der Waals surface area contributed by atoms with Crippen LogP contribution in [-0.2, 0) is 21.4 Å². The van der Waals surface area contributed by atoms with Gasteiger partial charge in [-0.25, -0.2) is 18.1 Å². The molecule has 2 heterocycles. The van der Waals surface area contributed by atoms with Gasteiger partial charge in [0.1, 0.15) is 12.7 Å². The fourth-order valence-corrected chi connectivity index (χ4v) is 3.80. The average Bonchev–Trinajstić information content (AvgIpc) is 3.03. The van der Waals surface area contributed by atoms with Crippen molar-refractivity contribution in [3.63, 3.8) is 0 Å². The Kier molecular flexibility index (Phi) is 4.39. The Balaban J connectivity index is 1.86. The molecule has 0 radical (unpaired) electrons. The molecule has 122 valence electrons. The average molecular weight is 335 g/mol. The molecule has 1 N–H and O–H groups in total. The molecule has 1 fully saturated rings. The third-order valence-electron chi connectivity index (χ3n) is 3.61. The Labute approximate surface area is 134 Å². The van der Waals surface area contributed by atoms with Gasteiger partial charge in [0.05, 0.1) is 11.4 Å². The predicted molar refractivity (Wildman–Crippen MR) is 81.5 cm³/mol. The lowest BCUT2D eigenvalue weighted by atomic mass is 10.1. The molecule has 2 aromatic rings. The fraction of sp³-hybridized carbons (Fsp3) is 0.357. The van der Waals surface area contributed by atoms with Crippen LogP contribution in [-0.4, -0.2) is 40.6 Å². The van der Waals surface area contributed by atoms with Gasteiger partial charge in [0.15, 0.2) is 0 Å². The van der Waals surface area contributed by atoms with E-state index in [1.807, 2.05) is 0 Å². The molecule has 1 aromatic heterocycles. The molecule has 1 saturated heterocycles. The highest BCUT2D eigenvalue weighted by molar-refractivity contribution is 7.89. The molecule has 1 amide bonds. The van der Waals surface area contributed by atoms with Gasteiger partial charge in [-0.15, -0.1) is 4.83 Å². The number of benzene rings is 1. The minimum atomic E-state index is -3.83. The minimum Gasteiger partial charge on any atom is -0.273 e. The Hall–Kier alpha value is -2.26. The van der Waals surface area contributed by atoms with Crippen molar-refractivity contribution in [2.45, 2.75) is 30.7 Å². The largest absolute Gasteiger partial charge is 0.273 e. The van der Waals surface area contributed by atoms with Crippen LogP contribution in [0.5, 0.6) is 0 Å². The topological polar surface area (TPSA) is 97.2 Å².